The minimum absolute atomic E-state index is 0.000871. The number of hydrogen-bond acceptors (Lipinski definition) is 4. The number of hydrogen-bond donors (Lipinski definition) is 1. The third-order valence-electron chi connectivity index (χ3n) is 5.00. The first-order valence-electron chi connectivity index (χ1n) is 8.09. The highest BCUT2D eigenvalue weighted by molar-refractivity contribution is 5.98. The maximum absolute atomic E-state index is 12.0. The van der Waals surface area contributed by atoms with Gasteiger partial charge in [0.25, 0.3) is 0 Å². The van der Waals surface area contributed by atoms with Crippen molar-refractivity contribution in [3.8, 4) is 5.75 Å². The average molecular weight is 302 g/mol. The lowest BCUT2D eigenvalue weighted by atomic mass is 9.76. The molecule has 0 aromatic heterocycles. The first kappa shape index (κ1) is 15.1. The summed E-state index contributed by atoms with van der Waals surface area (Å²) in [6, 6.07) is 7.13. The summed E-state index contributed by atoms with van der Waals surface area (Å²) in [6.45, 7) is 0. The zero-order valence-corrected chi connectivity index (χ0v) is 12.7. The van der Waals surface area contributed by atoms with Gasteiger partial charge >= 0.3 is 5.97 Å². The lowest BCUT2D eigenvalue weighted by Crippen LogP contribution is -2.48. The number of esters is 1. The van der Waals surface area contributed by atoms with Crippen molar-refractivity contribution in [3.05, 3.63) is 29.8 Å². The summed E-state index contributed by atoms with van der Waals surface area (Å²) in [5.74, 6) is 0.153. The monoisotopic (exact) mass is 302 g/mol. The van der Waals surface area contributed by atoms with Crippen LogP contribution in [-0.2, 0) is 20.7 Å². The summed E-state index contributed by atoms with van der Waals surface area (Å²) in [4.78, 5) is 23.8. The van der Waals surface area contributed by atoms with Crippen molar-refractivity contribution in [2.75, 3.05) is 0 Å². The normalized spacial score (nSPS) is 26.2. The average Bonchev–Trinajstić information content (AvgIpc) is 2.99. The molecule has 4 nitrogen and oxygen atoms in total. The molecule has 1 N–H and O–H groups in total. The van der Waals surface area contributed by atoms with E-state index in [0.29, 0.717) is 19.3 Å². The molecule has 0 unspecified atom stereocenters. The van der Waals surface area contributed by atoms with Gasteiger partial charge in [-0.2, -0.15) is 0 Å². The number of carbonyl (C=O) groups excluding carboxylic acids is 2. The van der Waals surface area contributed by atoms with E-state index in [9.17, 15) is 14.7 Å². The van der Waals surface area contributed by atoms with E-state index >= 15 is 0 Å². The second-order valence-electron chi connectivity index (χ2n) is 6.58. The minimum atomic E-state index is -0.631. The van der Waals surface area contributed by atoms with E-state index in [1.54, 1.807) is 12.1 Å². The topological polar surface area (TPSA) is 63.6 Å². The number of cyclic esters (lactones) is 1. The summed E-state index contributed by atoms with van der Waals surface area (Å²) in [6.07, 6.45) is 5.96. The van der Waals surface area contributed by atoms with Gasteiger partial charge in [-0.25, -0.2) is 0 Å². The van der Waals surface area contributed by atoms with Gasteiger partial charge in [-0.1, -0.05) is 25.0 Å². The van der Waals surface area contributed by atoms with Gasteiger partial charge in [0.1, 0.15) is 23.6 Å². The van der Waals surface area contributed by atoms with E-state index in [0.717, 1.165) is 31.2 Å². The summed E-state index contributed by atoms with van der Waals surface area (Å²) in [5, 5.41) is 9.57. The summed E-state index contributed by atoms with van der Waals surface area (Å²) in [7, 11) is 0. The Bertz CT molecular complexity index is 556. The molecule has 1 saturated heterocycles. The summed E-state index contributed by atoms with van der Waals surface area (Å²) in [5.41, 5.74) is 0.375. The highest BCUT2D eigenvalue weighted by Gasteiger charge is 2.47. The molecule has 1 aromatic rings. The van der Waals surface area contributed by atoms with Crippen molar-refractivity contribution in [2.45, 2.75) is 57.0 Å². The van der Waals surface area contributed by atoms with E-state index < -0.39 is 5.60 Å². The molecule has 2 fully saturated rings. The molecule has 0 spiro atoms. The second kappa shape index (κ2) is 6.11. The van der Waals surface area contributed by atoms with E-state index in [1.165, 1.54) is 0 Å². The van der Waals surface area contributed by atoms with Gasteiger partial charge in [-0.15, -0.1) is 0 Å². The van der Waals surface area contributed by atoms with Crippen molar-refractivity contribution < 1.29 is 19.4 Å². The van der Waals surface area contributed by atoms with Gasteiger partial charge < -0.3 is 9.84 Å². The third-order valence-corrected chi connectivity index (χ3v) is 5.00. The molecule has 4 heteroatoms. The van der Waals surface area contributed by atoms with Crippen LogP contribution in [0.5, 0.6) is 5.75 Å². The lowest BCUT2D eigenvalue weighted by Gasteiger charge is -2.41. The molecule has 1 heterocycles. The molecular weight excluding hydrogens is 280 g/mol. The summed E-state index contributed by atoms with van der Waals surface area (Å²) >= 11 is 0. The van der Waals surface area contributed by atoms with Crippen LogP contribution >= 0.6 is 0 Å². The first-order chi connectivity index (χ1) is 10.6. The number of rotatable bonds is 4. The fraction of sp³-hybridized carbons (Fsp3) is 0.556. The van der Waals surface area contributed by atoms with Crippen LogP contribution in [0.15, 0.2) is 24.3 Å². The van der Waals surface area contributed by atoms with Gasteiger partial charge in [0.15, 0.2) is 0 Å². The molecule has 0 radical (unpaired) electrons. The van der Waals surface area contributed by atoms with Gasteiger partial charge in [-0.3, -0.25) is 9.59 Å². The Balaban J connectivity index is 1.79. The van der Waals surface area contributed by atoms with Gasteiger partial charge in [0, 0.05) is 6.42 Å². The molecule has 1 aliphatic heterocycles. The van der Waals surface area contributed by atoms with Crippen molar-refractivity contribution in [2.24, 2.45) is 5.92 Å². The van der Waals surface area contributed by atoms with Crippen molar-refractivity contribution >= 4 is 11.8 Å². The Morgan fingerprint density at radius 3 is 2.68 bits per heavy atom. The Kier molecular flexibility index (Phi) is 4.19. The standard InChI is InChI=1S/C18H22O4/c19-15-7-3-4-13(10-15)8-9-18(14-5-1-2-6-14)12-16(20)11-17(21)22-18/h3-4,7,10,14,19H,1-2,5-6,8-9,11-12H2/t18-/m0/s1. The van der Waals surface area contributed by atoms with Crippen molar-refractivity contribution in [3.63, 3.8) is 0 Å². The minimum Gasteiger partial charge on any atom is -0.508 e. The largest absolute Gasteiger partial charge is 0.508 e. The zero-order valence-electron chi connectivity index (χ0n) is 12.7. The Morgan fingerprint density at radius 1 is 1.23 bits per heavy atom. The number of aromatic hydroxyl groups is 1. The lowest BCUT2D eigenvalue weighted by molar-refractivity contribution is -0.178. The van der Waals surface area contributed by atoms with E-state index in [1.807, 2.05) is 12.1 Å². The molecule has 118 valence electrons. The number of phenolic OH excluding ortho intramolecular Hbond substituents is 1. The Hall–Kier alpha value is -1.84. The number of Topliss-reactive ketones (excluding diaryl/α,β-unsaturated/α-hetero) is 1. The fourth-order valence-corrected chi connectivity index (χ4v) is 3.95. The number of carbonyl (C=O) groups is 2. The smallest absolute Gasteiger partial charge is 0.313 e. The van der Waals surface area contributed by atoms with Crippen molar-refractivity contribution in [1.29, 1.82) is 0 Å². The molecular formula is C18H22O4. The molecule has 0 bridgehead atoms. The first-order valence-corrected chi connectivity index (χ1v) is 8.09. The van der Waals surface area contributed by atoms with Crippen LogP contribution in [0.2, 0.25) is 0 Å². The quantitative estimate of drug-likeness (QED) is 0.685. The van der Waals surface area contributed by atoms with Gasteiger partial charge in [-0.05, 0) is 49.3 Å². The van der Waals surface area contributed by atoms with Crippen LogP contribution in [0.1, 0.15) is 50.5 Å². The number of ether oxygens (including phenoxy) is 1. The molecule has 22 heavy (non-hydrogen) atoms. The maximum atomic E-state index is 12.0. The van der Waals surface area contributed by atoms with Crippen LogP contribution in [0.4, 0.5) is 0 Å². The Morgan fingerprint density at radius 2 is 2.00 bits per heavy atom. The molecule has 1 saturated carbocycles. The van der Waals surface area contributed by atoms with Crippen molar-refractivity contribution in [1.82, 2.24) is 0 Å². The SMILES string of the molecule is O=C1CC(=O)O[C@](CCc2cccc(O)c2)(C2CCCC2)C1. The second-order valence-corrected chi connectivity index (χ2v) is 6.58. The predicted molar refractivity (Wildman–Crippen MR) is 81.4 cm³/mol. The molecule has 0 amide bonds. The van der Waals surface area contributed by atoms with E-state index in [4.69, 9.17) is 4.74 Å². The number of ketones is 1. The highest BCUT2D eigenvalue weighted by Crippen LogP contribution is 2.43. The molecule has 3 rings (SSSR count). The molecule has 1 atom stereocenters. The maximum Gasteiger partial charge on any atom is 0.313 e. The van der Waals surface area contributed by atoms with Gasteiger partial charge in [0.2, 0.25) is 0 Å². The predicted octanol–water partition coefficient (Wildman–Crippen LogP) is 3.16. The number of phenols is 1. The van der Waals surface area contributed by atoms with Crippen LogP contribution in [-0.4, -0.2) is 22.5 Å². The highest BCUT2D eigenvalue weighted by atomic mass is 16.6. The number of aryl methyl sites for hydroxylation is 1. The van der Waals surface area contributed by atoms with E-state index in [2.05, 4.69) is 0 Å². The summed E-state index contributed by atoms with van der Waals surface area (Å²) < 4.78 is 5.76. The van der Waals surface area contributed by atoms with Crippen LogP contribution in [0.3, 0.4) is 0 Å². The van der Waals surface area contributed by atoms with E-state index in [-0.39, 0.29) is 29.8 Å². The number of benzene rings is 1. The Labute approximate surface area is 130 Å². The third kappa shape index (κ3) is 3.16. The van der Waals surface area contributed by atoms with Crippen LogP contribution < -0.4 is 0 Å². The zero-order chi connectivity index (χ0) is 15.6. The van der Waals surface area contributed by atoms with Crippen LogP contribution in [0.25, 0.3) is 0 Å². The van der Waals surface area contributed by atoms with Crippen LogP contribution in [0, 0.1) is 5.92 Å². The van der Waals surface area contributed by atoms with Gasteiger partial charge in [0.05, 0.1) is 0 Å². The molecule has 1 aliphatic carbocycles. The fourth-order valence-electron chi connectivity index (χ4n) is 3.95. The molecule has 1 aromatic carbocycles. The molecule has 2 aliphatic rings.